The van der Waals surface area contributed by atoms with E-state index in [1.807, 2.05) is 18.2 Å². The monoisotopic (exact) mass is 319 g/mol. The van der Waals surface area contributed by atoms with Crippen LogP contribution in [-0.4, -0.2) is 11.7 Å². The lowest BCUT2D eigenvalue weighted by molar-refractivity contribution is 0.282. The first-order valence-electron chi connectivity index (χ1n) is 6.39. The summed E-state index contributed by atoms with van der Waals surface area (Å²) in [6.07, 6.45) is 0. The summed E-state index contributed by atoms with van der Waals surface area (Å²) in [5.41, 5.74) is 4.37. The second-order valence-corrected chi connectivity index (χ2v) is 5.43. The van der Waals surface area contributed by atoms with E-state index in [0.717, 1.165) is 28.0 Å². The van der Waals surface area contributed by atoms with Crippen LogP contribution < -0.4 is 4.90 Å². The van der Waals surface area contributed by atoms with Crippen LogP contribution in [0.5, 0.6) is 0 Å². The highest BCUT2D eigenvalue weighted by Crippen LogP contribution is 2.31. The lowest BCUT2D eigenvalue weighted by Crippen LogP contribution is -2.17. The molecule has 19 heavy (non-hydrogen) atoms. The molecule has 0 atom stereocenters. The van der Waals surface area contributed by atoms with Gasteiger partial charge in [-0.1, -0.05) is 28.1 Å². The third-order valence-corrected chi connectivity index (χ3v) is 3.63. The molecule has 2 nitrogen and oxygen atoms in total. The number of aryl methyl sites for hydroxylation is 1. The van der Waals surface area contributed by atoms with Crippen molar-refractivity contribution in [2.75, 3.05) is 11.4 Å². The normalized spacial score (nSPS) is 10.5. The largest absolute Gasteiger partial charge is 0.392 e. The smallest absolute Gasteiger partial charge is 0.0702 e. The maximum absolute atomic E-state index is 9.54. The minimum absolute atomic E-state index is 0.0388. The molecule has 0 aliphatic heterocycles. The fraction of sp³-hybridized carbons (Fsp3) is 0.250. The van der Waals surface area contributed by atoms with Gasteiger partial charge in [-0.2, -0.15) is 0 Å². The molecule has 0 unspecified atom stereocenters. The van der Waals surface area contributed by atoms with Gasteiger partial charge >= 0.3 is 0 Å². The highest BCUT2D eigenvalue weighted by molar-refractivity contribution is 9.10. The second kappa shape index (κ2) is 6.22. The van der Waals surface area contributed by atoms with Crippen LogP contribution in [0.2, 0.25) is 0 Å². The summed E-state index contributed by atoms with van der Waals surface area (Å²) in [7, 11) is 0. The molecule has 1 N–H and O–H groups in total. The van der Waals surface area contributed by atoms with Gasteiger partial charge in [0.05, 0.1) is 6.61 Å². The summed E-state index contributed by atoms with van der Waals surface area (Å²) in [4.78, 5) is 2.21. The number of benzene rings is 2. The molecule has 0 fully saturated rings. The molecule has 0 aromatic heterocycles. The SMILES string of the molecule is CCN(c1cccc(C)c1)c1ccc(Br)cc1CO. The van der Waals surface area contributed by atoms with Gasteiger partial charge in [-0.05, 0) is 49.7 Å². The van der Waals surface area contributed by atoms with Crippen LogP contribution in [0.3, 0.4) is 0 Å². The molecule has 3 heteroatoms. The van der Waals surface area contributed by atoms with E-state index >= 15 is 0 Å². The van der Waals surface area contributed by atoms with Crippen LogP contribution in [0.1, 0.15) is 18.1 Å². The van der Waals surface area contributed by atoms with Gasteiger partial charge in [0.2, 0.25) is 0 Å². The summed E-state index contributed by atoms with van der Waals surface area (Å²) < 4.78 is 0.987. The van der Waals surface area contributed by atoms with E-state index in [1.165, 1.54) is 5.56 Å². The van der Waals surface area contributed by atoms with E-state index in [0.29, 0.717) is 0 Å². The van der Waals surface area contributed by atoms with Crippen molar-refractivity contribution < 1.29 is 5.11 Å². The molecule has 0 spiro atoms. The van der Waals surface area contributed by atoms with Crippen LogP contribution in [0.25, 0.3) is 0 Å². The number of halogens is 1. The topological polar surface area (TPSA) is 23.5 Å². The number of nitrogens with zero attached hydrogens (tertiary/aromatic N) is 1. The van der Waals surface area contributed by atoms with Crippen LogP contribution in [-0.2, 0) is 6.61 Å². The van der Waals surface area contributed by atoms with Crippen molar-refractivity contribution in [3.05, 3.63) is 58.1 Å². The first kappa shape index (κ1) is 14.1. The minimum Gasteiger partial charge on any atom is -0.392 e. The van der Waals surface area contributed by atoms with Gasteiger partial charge in [0.15, 0.2) is 0 Å². The van der Waals surface area contributed by atoms with Crippen LogP contribution in [0.15, 0.2) is 46.9 Å². The van der Waals surface area contributed by atoms with E-state index in [-0.39, 0.29) is 6.61 Å². The van der Waals surface area contributed by atoms with Gasteiger partial charge in [-0.25, -0.2) is 0 Å². The van der Waals surface area contributed by atoms with Crippen molar-refractivity contribution in [2.45, 2.75) is 20.5 Å². The maximum atomic E-state index is 9.54. The molecular formula is C16H18BrNO. The Morgan fingerprint density at radius 1 is 1.16 bits per heavy atom. The zero-order valence-electron chi connectivity index (χ0n) is 11.2. The van der Waals surface area contributed by atoms with E-state index in [2.05, 4.69) is 58.9 Å². The number of rotatable bonds is 4. The molecule has 2 aromatic carbocycles. The lowest BCUT2D eigenvalue weighted by atomic mass is 10.1. The average Bonchev–Trinajstić information content (AvgIpc) is 2.41. The fourth-order valence-electron chi connectivity index (χ4n) is 2.23. The van der Waals surface area contributed by atoms with Crippen molar-refractivity contribution in [3.63, 3.8) is 0 Å². The molecule has 2 aromatic rings. The summed E-state index contributed by atoms with van der Waals surface area (Å²) in [5, 5.41) is 9.54. The van der Waals surface area contributed by atoms with Crippen LogP contribution in [0.4, 0.5) is 11.4 Å². The Labute approximate surface area is 122 Å². The standard InChI is InChI=1S/C16H18BrNO/c1-3-18(15-6-4-5-12(2)9-15)16-8-7-14(17)10-13(16)11-19/h4-10,19H,3,11H2,1-2H3. The molecule has 100 valence electrons. The second-order valence-electron chi connectivity index (χ2n) is 4.51. The number of aliphatic hydroxyl groups is 1. The summed E-state index contributed by atoms with van der Waals surface area (Å²) in [6.45, 7) is 5.10. The number of anilines is 2. The molecule has 0 amide bonds. The highest BCUT2D eigenvalue weighted by atomic mass is 79.9. The van der Waals surface area contributed by atoms with Gasteiger partial charge in [-0.3, -0.25) is 0 Å². The zero-order chi connectivity index (χ0) is 13.8. The van der Waals surface area contributed by atoms with E-state index in [4.69, 9.17) is 0 Å². The Morgan fingerprint density at radius 2 is 1.95 bits per heavy atom. The number of hydrogen-bond acceptors (Lipinski definition) is 2. The number of aliphatic hydroxyl groups excluding tert-OH is 1. The molecule has 0 aliphatic carbocycles. The van der Waals surface area contributed by atoms with Gasteiger partial charge in [0.25, 0.3) is 0 Å². The van der Waals surface area contributed by atoms with E-state index in [1.54, 1.807) is 0 Å². The summed E-state index contributed by atoms with van der Waals surface area (Å²) >= 11 is 3.45. The Bertz CT molecular complexity index is 568. The van der Waals surface area contributed by atoms with E-state index in [9.17, 15) is 5.11 Å². The van der Waals surface area contributed by atoms with Gasteiger partial charge in [0, 0.05) is 28.0 Å². The molecule has 2 rings (SSSR count). The Balaban J connectivity index is 2.48. The van der Waals surface area contributed by atoms with Gasteiger partial charge < -0.3 is 10.0 Å². The van der Waals surface area contributed by atoms with Crippen molar-refractivity contribution >= 4 is 27.3 Å². The Kier molecular flexibility index (Phi) is 4.61. The Morgan fingerprint density at radius 3 is 2.58 bits per heavy atom. The molecule has 0 aliphatic rings. The van der Waals surface area contributed by atoms with Crippen molar-refractivity contribution in [1.29, 1.82) is 0 Å². The van der Waals surface area contributed by atoms with Crippen molar-refractivity contribution in [1.82, 2.24) is 0 Å². The van der Waals surface area contributed by atoms with E-state index < -0.39 is 0 Å². The van der Waals surface area contributed by atoms with Gasteiger partial charge in [-0.15, -0.1) is 0 Å². The molecule has 0 bridgehead atoms. The van der Waals surface area contributed by atoms with Crippen molar-refractivity contribution in [3.8, 4) is 0 Å². The zero-order valence-corrected chi connectivity index (χ0v) is 12.8. The average molecular weight is 320 g/mol. The molecule has 0 radical (unpaired) electrons. The molecular weight excluding hydrogens is 302 g/mol. The highest BCUT2D eigenvalue weighted by Gasteiger charge is 2.11. The predicted octanol–water partition coefficient (Wildman–Crippen LogP) is 4.41. The van der Waals surface area contributed by atoms with Crippen molar-refractivity contribution in [2.24, 2.45) is 0 Å². The van der Waals surface area contributed by atoms with Crippen LogP contribution >= 0.6 is 15.9 Å². The quantitative estimate of drug-likeness (QED) is 0.902. The molecule has 0 heterocycles. The lowest BCUT2D eigenvalue weighted by Gasteiger charge is -2.26. The minimum atomic E-state index is 0.0388. The maximum Gasteiger partial charge on any atom is 0.0702 e. The first-order chi connectivity index (χ1) is 9.15. The number of hydrogen-bond donors (Lipinski definition) is 1. The third-order valence-electron chi connectivity index (χ3n) is 3.13. The molecule has 0 saturated carbocycles. The molecule has 0 saturated heterocycles. The third kappa shape index (κ3) is 3.17. The predicted molar refractivity (Wildman–Crippen MR) is 83.9 cm³/mol. The summed E-state index contributed by atoms with van der Waals surface area (Å²) in [5.74, 6) is 0. The fourth-order valence-corrected chi connectivity index (χ4v) is 2.64. The van der Waals surface area contributed by atoms with Crippen LogP contribution in [0, 0.1) is 6.92 Å². The Hall–Kier alpha value is -1.32. The first-order valence-corrected chi connectivity index (χ1v) is 7.18. The summed E-state index contributed by atoms with van der Waals surface area (Å²) in [6, 6.07) is 14.4. The van der Waals surface area contributed by atoms with Gasteiger partial charge in [0.1, 0.15) is 0 Å².